The lowest BCUT2D eigenvalue weighted by molar-refractivity contribution is 0.354. The molecule has 0 aliphatic carbocycles. The number of pyridine rings is 1. The summed E-state index contributed by atoms with van der Waals surface area (Å²) in [4.78, 5) is 6.65. The zero-order valence-corrected chi connectivity index (χ0v) is 12.1. The minimum Gasteiger partial charge on any atom is -0.356 e. The Bertz CT molecular complexity index is 412. The minimum absolute atomic E-state index is 0.255. The Balaban J connectivity index is 2.22. The molecule has 2 unspecified atom stereocenters. The van der Waals surface area contributed by atoms with E-state index >= 15 is 0 Å². The van der Waals surface area contributed by atoms with Gasteiger partial charge < -0.3 is 10.2 Å². The Kier molecular flexibility index (Phi) is 4.75. The number of hydrogen-bond donors (Lipinski definition) is 1. The van der Waals surface area contributed by atoms with Crippen molar-refractivity contribution in [2.75, 3.05) is 24.5 Å². The third-order valence-corrected chi connectivity index (χ3v) is 3.64. The number of rotatable bonds is 4. The van der Waals surface area contributed by atoms with E-state index in [-0.39, 0.29) is 5.82 Å². The largest absolute Gasteiger partial charge is 0.356 e. The molecule has 3 nitrogen and oxygen atoms in total. The van der Waals surface area contributed by atoms with E-state index in [4.69, 9.17) is 0 Å². The maximum absolute atomic E-state index is 13.4. The molecule has 19 heavy (non-hydrogen) atoms. The summed E-state index contributed by atoms with van der Waals surface area (Å²) in [5, 5.41) is 3.26. The summed E-state index contributed by atoms with van der Waals surface area (Å²) < 4.78 is 13.4. The molecule has 2 heterocycles. The van der Waals surface area contributed by atoms with Crippen LogP contribution in [0.1, 0.15) is 32.8 Å². The molecule has 1 aliphatic heterocycles. The van der Waals surface area contributed by atoms with Gasteiger partial charge in [-0.1, -0.05) is 20.8 Å². The monoisotopic (exact) mass is 265 g/mol. The van der Waals surface area contributed by atoms with Crippen molar-refractivity contribution in [3.63, 3.8) is 0 Å². The molecule has 1 saturated heterocycles. The van der Waals surface area contributed by atoms with E-state index in [1.165, 1.54) is 12.6 Å². The lowest BCUT2D eigenvalue weighted by Gasteiger charge is -2.36. The molecule has 0 aromatic carbocycles. The highest BCUT2D eigenvalue weighted by Crippen LogP contribution is 2.27. The fraction of sp³-hybridized carbons (Fsp3) is 0.667. The number of nitrogens with zero attached hydrogens (tertiary/aromatic N) is 2. The molecular formula is C15H24FN3. The van der Waals surface area contributed by atoms with Crippen LogP contribution in [-0.4, -0.2) is 24.6 Å². The molecule has 1 aliphatic rings. The molecular weight excluding hydrogens is 241 g/mol. The van der Waals surface area contributed by atoms with Gasteiger partial charge in [0.1, 0.15) is 11.6 Å². The summed E-state index contributed by atoms with van der Waals surface area (Å²) in [5.74, 6) is 2.03. The van der Waals surface area contributed by atoms with Crippen molar-refractivity contribution in [3.05, 3.63) is 23.6 Å². The second-order valence-electron chi connectivity index (χ2n) is 5.77. The lowest BCUT2D eigenvalue weighted by Crippen LogP contribution is -2.40. The lowest BCUT2D eigenvalue weighted by atomic mass is 9.91. The van der Waals surface area contributed by atoms with Gasteiger partial charge in [-0.05, 0) is 30.9 Å². The minimum atomic E-state index is -0.255. The quantitative estimate of drug-likeness (QED) is 0.907. The second-order valence-corrected chi connectivity index (χ2v) is 5.77. The molecule has 2 rings (SSSR count). The first-order chi connectivity index (χ1) is 9.10. The van der Waals surface area contributed by atoms with Gasteiger partial charge in [0.05, 0.1) is 6.20 Å². The van der Waals surface area contributed by atoms with E-state index in [1.807, 2.05) is 0 Å². The van der Waals surface area contributed by atoms with Crippen LogP contribution in [0.2, 0.25) is 0 Å². The van der Waals surface area contributed by atoms with Crippen molar-refractivity contribution in [1.29, 1.82) is 0 Å². The van der Waals surface area contributed by atoms with Gasteiger partial charge in [0, 0.05) is 25.2 Å². The second kappa shape index (κ2) is 6.33. The summed E-state index contributed by atoms with van der Waals surface area (Å²) in [5.41, 5.74) is 0.961. The van der Waals surface area contributed by atoms with Crippen LogP contribution in [0, 0.1) is 17.7 Å². The van der Waals surface area contributed by atoms with Crippen LogP contribution in [0.25, 0.3) is 0 Å². The van der Waals surface area contributed by atoms with E-state index in [9.17, 15) is 4.39 Å². The van der Waals surface area contributed by atoms with Gasteiger partial charge in [0.15, 0.2) is 0 Å². The predicted octanol–water partition coefficient (Wildman–Crippen LogP) is 2.81. The summed E-state index contributed by atoms with van der Waals surface area (Å²) in [7, 11) is 0. The summed E-state index contributed by atoms with van der Waals surface area (Å²) in [6.45, 7) is 10.2. The fourth-order valence-corrected chi connectivity index (χ4v) is 2.98. The Morgan fingerprint density at radius 2 is 2.05 bits per heavy atom. The highest BCUT2D eigenvalue weighted by Gasteiger charge is 2.24. The molecule has 0 saturated carbocycles. The zero-order chi connectivity index (χ0) is 13.8. The van der Waals surface area contributed by atoms with Crippen LogP contribution in [0.5, 0.6) is 0 Å². The van der Waals surface area contributed by atoms with Gasteiger partial charge in [0.2, 0.25) is 0 Å². The first kappa shape index (κ1) is 14.3. The number of halogens is 1. The molecule has 1 fully saturated rings. The highest BCUT2D eigenvalue weighted by molar-refractivity contribution is 5.47. The molecule has 1 aromatic rings. The Hall–Kier alpha value is -1.16. The van der Waals surface area contributed by atoms with E-state index in [0.29, 0.717) is 18.4 Å². The van der Waals surface area contributed by atoms with Crippen LogP contribution in [0.3, 0.4) is 0 Å². The van der Waals surface area contributed by atoms with Gasteiger partial charge in [-0.3, -0.25) is 0 Å². The van der Waals surface area contributed by atoms with E-state index < -0.39 is 0 Å². The average molecular weight is 265 g/mol. The number of hydrogen-bond acceptors (Lipinski definition) is 3. The molecule has 0 bridgehead atoms. The maximum Gasteiger partial charge on any atom is 0.141 e. The van der Waals surface area contributed by atoms with Crippen LogP contribution >= 0.6 is 0 Å². The van der Waals surface area contributed by atoms with Gasteiger partial charge in [-0.15, -0.1) is 0 Å². The van der Waals surface area contributed by atoms with Gasteiger partial charge >= 0.3 is 0 Å². The molecule has 1 N–H and O–H groups in total. The van der Waals surface area contributed by atoms with Crippen LogP contribution < -0.4 is 10.2 Å². The number of aromatic nitrogens is 1. The fourth-order valence-electron chi connectivity index (χ4n) is 2.98. The third kappa shape index (κ3) is 3.66. The molecule has 0 spiro atoms. The molecule has 4 heteroatoms. The van der Waals surface area contributed by atoms with Gasteiger partial charge in [-0.2, -0.15) is 0 Å². The van der Waals surface area contributed by atoms with Crippen LogP contribution in [-0.2, 0) is 6.54 Å². The van der Waals surface area contributed by atoms with E-state index in [2.05, 4.69) is 36.0 Å². The summed E-state index contributed by atoms with van der Waals surface area (Å²) in [6.07, 6.45) is 2.59. The van der Waals surface area contributed by atoms with Crippen molar-refractivity contribution in [2.24, 2.45) is 11.8 Å². The molecule has 2 atom stereocenters. The molecule has 106 valence electrons. The SMILES string of the molecule is CCNCc1cc(F)cnc1N1CC(C)CC(C)C1. The predicted molar refractivity (Wildman–Crippen MR) is 76.7 cm³/mol. The van der Waals surface area contributed by atoms with Crippen LogP contribution in [0.15, 0.2) is 12.3 Å². The average Bonchev–Trinajstić information content (AvgIpc) is 2.35. The first-order valence-electron chi connectivity index (χ1n) is 7.20. The number of nitrogens with one attached hydrogen (secondary N) is 1. The Labute approximate surface area is 115 Å². The van der Waals surface area contributed by atoms with Gasteiger partial charge in [0.25, 0.3) is 0 Å². The molecule has 1 aromatic heterocycles. The highest BCUT2D eigenvalue weighted by atomic mass is 19.1. The van der Waals surface area contributed by atoms with Crippen molar-refractivity contribution in [2.45, 2.75) is 33.7 Å². The van der Waals surface area contributed by atoms with Crippen LogP contribution in [0.4, 0.5) is 10.2 Å². The topological polar surface area (TPSA) is 28.2 Å². The molecule has 0 radical (unpaired) electrons. The van der Waals surface area contributed by atoms with Crippen molar-refractivity contribution in [1.82, 2.24) is 10.3 Å². The molecule has 0 amide bonds. The standard InChI is InChI=1S/C15H24FN3/c1-4-17-7-13-6-14(16)8-18-15(13)19-9-11(2)5-12(3)10-19/h6,8,11-12,17H,4-5,7,9-10H2,1-3H3. The van der Waals surface area contributed by atoms with Gasteiger partial charge in [-0.25, -0.2) is 9.37 Å². The summed E-state index contributed by atoms with van der Waals surface area (Å²) >= 11 is 0. The smallest absolute Gasteiger partial charge is 0.141 e. The number of anilines is 1. The Morgan fingerprint density at radius 3 is 2.68 bits per heavy atom. The van der Waals surface area contributed by atoms with Crippen molar-refractivity contribution < 1.29 is 4.39 Å². The Morgan fingerprint density at radius 1 is 1.37 bits per heavy atom. The number of piperidine rings is 1. The van der Waals surface area contributed by atoms with E-state index in [0.717, 1.165) is 31.0 Å². The third-order valence-electron chi connectivity index (χ3n) is 3.64. The maximum atomic E-state index is 13.4. The van der Waals surface area contributed by atoms with Crippen molar-refractivity contribution >= 4 is 5.82 Å². The normalized spacial score (nSPS) is 23.7. The van der Waals surface area contributed by atoms with E-state index in [1.54, 1.807) is 6.07 Å². The summed E-state index contributed by atoms with van der Waals surface area (Å²) in [6, 6.07) is 1.61. The first-order valence-corrected chi connectivity index (χ1v) is 7.20. The van der Waals surface area contributed by atoms with Crippen molar-refractivity contribution in [3.8, 4) is 0 Å². The zero-order valence-electron chi connectivity index (χ0n) is 12.1.